The molecule has 3 atom stereocenters. The molecule has 0 N–H and O–H groups in total. The Morgan fingerprint density at radius 2 is 1.57 bits per heavy atom. The molecule has 30 heavy (non-hydrogen) atoms. The third kappa shape index (κ3) is 12.2. The Morgan fingerprint density at radius 3 is 2.03 bits per heavy atom. The first kappa shape index (κ1) is 29.3. The lowest BCUT2D eigenvalue weighted by Crippen LogP contribution is -2.54. The molecule has 0 aliphatic rings. The second kappa shape index (κ2) is 16.0. The SMILES string of the molecule is C=CC(=O)OCCCCCCC(C)(CC)O[Si](CCC)(OC(C)CC)OC(C)CC. The summed E-state index contributed by atoms with van der Waals surface area (Å²) in [6.07, 6.45) is 10.3. The van der Waals surface area contributed by atoms with Crippen LogP contribution in [0, 0.1) is 0 Å². The van der Waals surface area contributed by atoms with Gasteiger partial charge in [0.15, 0.2) is 0 Å². The van der Waals surface area contributed by atoms with E-state index >= 15 is 0 Å². The highest BCUT2D eigenvalue weighted by Gasteiger charge is 2.47. The first-order valence-corrected chi connectivity index (χ1v) is 14.0. The first-order valence-electron chi connectivity index (χ1n) is 12.0. The summed E-state index contributed by atoms with van der Waals surface area (Å²) in [6.45, 7) is 19.0. The summed E-state index contributed by atoms with van der Waals surface area (Å²) in [5.74, 6) is -0.346. The largest absolute Gasteiger partial charge is 0.501 e. The maximum atomic E-state index is 11.1. The highest BCUT2D eigenvalue weighted by atomic mass is 28.4. The number of ether oxygens (including phenoxy) is 1. The van der Waals surface area contributed by atoms with Crippen LogP contribution in [0.4, 0.5) is 0 Å². The van der Waals surface area contributed by atoms with Crippen LogP contribution >= 0.6 is 0 Å². The zero-order valence-electron chi connectivity index (χ0n) is 20.8. The molecule has 5 nitrogen and oxygen atoms in total. The van der Waals surface area contributed by atoms with E-state index in [-0.39, 0.29) is 23.8 Å². The molecule has 0 rings (SSSR count). The summed E-state index contributed by atoms with van der Waals surface area (Å²) in [5, 5.41) is 0. The van der Waals surface area contributed by atoms with Crippen molar-refractivity contribution in [1.29, 1.82) is 0 Å². The van der Waals surface area contributed by atoms with E-state index in [1.807, 2.05) is 0 Å². The molecule has 0 amide bonds. The number of hydrogen-bond donors (Lipinski definition) is 0. The van der Waals surface area contributed by atoms with E-state index in [0.717, 1.165) is 63.8 Å². The van der Waals surface area contributed by atoms with Gasteiger partial charge in [-0.1, -0.05) is 60.0 Å². The van der Waals surface area contributed by atoms with Gasteiger partial charge in [-0.15, -0.1) is 0 Å². The van der Waals surface area contributed by atoms with Gasteiger partial charge in [0.25, 0.3) is 0 Å². The van der Waals surface area contributed by atoms with Crippen LogP contribution in [-0.2, 0) is 22.8 Å². The van der Waals surface area contributed by atoms with E-state index in [9.17, 15) is 4.79 Å². The maximum absolute atomic E-state index is 11.1. The molecule has 0 saturated heterocycles. The predicted molar refractivity (Wildman–Crippen MR) is 127 cm³/mol. The molecule has 0 aromatic rings. The van der Waals surface area contributed by atoms with E-state index in [1.54, 1.807) is 0 Å². The summed E-state index contributed by atoms with van der Waals surface area (Å²) in [6, 6.07) is 0.853. The van der Waals surface area contributed by atoms with Crippen molar-refractivity contribution in [3.05, 3.63) is 12.7 Å². The second-order valence-electron chi connectivity index (χ2n) is 8.55. The van der Waals surface area contributed by atoms with Gasteiger partial charge in [-0.05, 0) is 52.9 Å². The van der Waals surface area contributed by atoms with Gasteiger partial charge in [-0.3, -0.25) is 0 Å². The minimum atomic E-state index is -2.78. The fraction of sp³-hybridized carbons (Fsp3) is 0.875. The van der Waals surface area contributed by atoms with Gasteiger partial charge in [-0.25, -0.2) is 4.79 Å². The molecule has 178 valence electrons. The zero-order chi connectivity index (χ0) is 23.0. The van der Waals surface area contributed by atoms with Crippen molar-refractivity contribution < 1.29 is 22.8 Å². The Balaban J connectivity index is 4.93. The molecule has 0 fully saturated rings. The van der Waals surface area contributed by atoms with Crippen LogP contribution in [0.25, 0.3) is 0 Å². The lowest BCUT2D eigenvalue weighted by atomic mass is 9.95. The molecule has 0 bridgehead atoms. The van der Waals surface area contributed by atoms with Gasteiger partial charge in [0, 0.05) is 24.3 Å². The van der Waals surface area contributed by atoms with Crippen LogP contribution < -0.4 is 0 Å². The molecule has 0 aromatic carbocycles. The topological polar surface area (TPSA) is 54.0 Å². The summed E-state index contributed by atoms with van der Waals surface area (Å²) >= 11 is 0. The zero-order valence-corrected chi connectivity index (χ0v) is 21.8. The molecular weight excluding hydrogens is 396 g/mol. The van der Waals surface area contributed by atoms with Crippen LogP contribution in [0.3, 0.4) is 0 Å². The smallest absolute Gasteiger partial charge is 0.463 e. The molecule has 6 heteroatoms. The van der Waals surface area contributed by atoms with Crippen molar-refractivity contribution in [2.45, 2.75) is 130 Å². The molecule has 0 spiro atoms. The van der Waals surface area contributed by atoms with Gasteiger partial charge < -0.3 is 18.0 Å². The molecule has 0 heterocycles. The Morgan fingerprint density at radius 1 is 1.00 bits per heavy atom. The minimum Gasteiger partial charge on any atom is -0.463 e. The first-order chi connectivity index (χ1) is 14.2. The maximum Gasteiger partial charge on any atom is 0.501 e. The molecule has 0 saturated carbocycles. The average Bonchev–Trinajstić information content (AvgIpc) is 2.72. The number of carbonyl (C=O) groups excluding carboxylic acids is 1. The number of unbranched alkanes of at least 4 members (excludes halogenated alkanes) is 3. The molecule has 0 aromatic heterocycles. The van der Waals surface area contributed by atoms with Gasteiger partial charge >= 0.3 is 14.8 Å². The number of hydrogen-bond acceptors (Lipinski definition) is 5. The van der Waals surface area contributed by atoms with Crippen molar-refractivity contribution in [2.75, 3.05) is 6.61 Å². The third-order valence-corrected chi connectivity index (χ3v) is 9.07. The number of rotatable bonds is 19. The van der Waals surface area contributed by atoms with E-state index in [0.29, 0.717) is 6.61 Å². The van der Waals surface area contributed by atoms with Crippen LogP contribution in [0.2, 0.25) is 6.04 Å². The fourth-order valence-electron chi connectivity index (χ4n) is 3.19. The highest BCUT2D eigenvalue weighted by molar-refractivity contribution is 6.61. The van der Waals surface area contributed by atoms with Gasteiger partial charge in [0.2, 0.25) is 0 Å². The normalized spacial score (nSPS) is 17.6. The van der Waals surface area contributed by atoms with Crippen molar-refractivity contribution in [3.63, 3.8) is 0 Å². The summed E-state index contributed by atoms with van der Waals surface area (Å²) in [5.41, 5.74) is -0.252. The van der Waals surface area contributed by atoms with Crippen molar-refractivity contribution in [3.8, 4) is 0 Å². The summed E-state index contributed by atoms with van der Waals surface area (Å²) in [4.78, 5) is 11.1. The second-order valence-corrected chi connectivity index (χ2v) is 11.1. The van der Waals surface area contributed by atoms with Crippen LogP contribution in [0.5, 0.6) is 0 Å². The molecular formula is C24H48O5Si. The van der Waals surface area contributed by atoms with Gasteiger partial charge in [0.05, 0.1) is 12.2 Å². The Kier molecular flexibility index (Phi) is 15.6. The molecule has 0 aliphatic heterocycles. The van der Waals surface area contributed by atoms with Gasteiger partial charge in [-0.2, -0.15) is 0 Å². The van der Waals surface area contributed by atoms with Crippen LogP contribution in [-0.4, -0.2) is 39.2 Å². The predicted octanol–water partition coefficient (Wildman–Crippen LogP) is 6.83. The highest BCUT2D eigenvalue weighted by Crippen LogP contribution is 2.33. The Bertz CT molecular complexity index is 459. The minimum absolute atomic E-state index is 0.131. The van der Waals surface area contributed by atoms with Crippen LogP contribution in [0.15, 0.2) is 12.7 Å². The average molecular weight is 445 g/mol. The van der Waals surface area contributed by atoms with E-state index in [4.69, 9.17) is 18.0 Å². The quantitative estimate of drug-likeness (QED) is 0.0945. The van der Waals surface area contributed by atoms with Crippen molar-refractivity contribution in [2.24, 2.45) is 0 Å². The Labute approximate surface area is 187 Å². The summed E-state index contributed by atoms with van der Waals surface area (Å²) < 4.78 is 24.9. The lowest BCUT2D eigenvalue weighted by Gasteiger charge is -2.41. The van der Waals surface area contributed by atoms with Crippen molar-refractivity contribution in [1.82, 2.24) is 0 Å². The monoisotopic (exact) mass is 444 g/mol. The van der Waals surface area contributed by atoms with Crippen molar-refractivity contribution >= 4 is 14.8 Å². The third-order valence-electron chi connectivity index (χ3n) is 5.63. The van der Waals surface area contributed by atoms with E-state index in [2.05, 4.69) is 55.0 Å². The molecule has 0 aliphatic carbocycles. The molecule has 3 unspecified atom stereocenters. The van der Waals surface area contributed by atoms with E-state index < -0.39 is 8.80 Å². The fourth-order valence-corrected chi connectivity index (χ4v) is 6.85. The summed E-state index contributed by atoms with van der Waals surface area (Å²) in [7, 11) is -2.78. The van der Waals surface area contributed by atoms with Gasteiger partial charge in [0.1, 0.15) is 0 Å². The van der Waals surface area contributed by atoms with Crippen LogP contribution in [0.1, 0.15) is 106 Å². The number of carbonyl (C=O) groups is 1. The lowest BCUT2D eigenvalue weighted by molar-refractivity contribution is -0.137. The standard InChI is InChI=1S/C24H48O5Si/c1-9-20-30(27-21(6)10-2,28-22(7)11-3)29-24(8,13-5)18-16-14-15-17-19-26-23(25)12-4/h12,21-22H,4,9-11,13-20H2,1-3,5-8H3. The number of esters is 1. The van der Waals surface area contributed by atoms with E-state index in [1.165, 1.54) is 6.08 Å². The Hall–Kier alpha value is -0.693. The molecule has 0 radical (unpaired) electrons.